The number of amides is 1. The average Bonchev–Trinajstić information content (AvgIpc) is 2.25. The van der Waals surface area contributed by atoms with E-state index in [1.807, 2.05) is 0 Å². The molecule has 1 rings (SSSR count). The second-order valence-electron chi connectivity index (χ2n) is 4.80. The van der Waals surface area contributed by atoms with E-state index in [1.165, 1.54) is 0 Å². The fourth-order valence-corrected chi connectivity index (χ4v) is 1.76. The summed E-state index contributed by atoms with van der Waals surface area (Å²) in [5.74, 6) is -1.62. The van der Waals surface area contributed by atoms with E-state index in [1.54, 1.807) is 13.8 Å². The normalized spacial score (nSPS) is 20.9. The van der Waals surface area contributed by atoms with Gasteiger partial charge in [-0.05, 0) is 18.8 Å². The van der Waals surface area contributed by atoms with Gasteiger partial charge in [0.05, 0.1) is 5.54 Å². The van der Waals surface area contributed by atoms with Gasteiger partial charge in [0, 0.05) is 13.2 Å². The predicted molar refractivity (Wildman–Crippen MR) is 61.4 cm³/mol. The first kappa shape index (κ1) is 13.9. The smallest absolute Gasteiger partial charge is 0.326 e. The van der Waals surface area contributed by atoms with E-state index in [0.29, 0.717) is 26.1 Å². The van der Waals surface area contributed by atoms with Crippen LogP contribution in [-0.4, -0.2) is 41.8 Å². The molecule has 0 aliphatic carbocycles. The first-order valence-electron chi connectivity index (χ1n) is 5.77. The van der Waals surface area contributed by atoms with Crippen LogP contribution in [0.5, 0.6) is 0 Å². The number of hydrogen-bond acceptors (Lipinski definition) is 4. The van der Waals surface area contributed by atoms with Gasteiger partial charge in [-0.3, -0.25) is 4.79 Å². The Kier molecular flexibility index (Phi) is 4.47. The van der Waals surface area contributed by atoms with E-state index >= 15 is 0 Å². The number of aliphatic carboxylic acids is 1. The first-order valence-corrected chi connectivity index (χ1v) is 5.77. The van der Waals surface area contributed by atoms with Gasteiger partial charge in [-0.25, -0.2) is 4.79 Å². The molecule has 1 heterocycles. The van der Waals surface area contributed by atoms with E-state index in [4.69, 9.17) is 15.6 Å². The monoisotopic (exact) mass is 244 g/mol. The predicted octanol–water partition coefficient (Wildman–Crippen LogP) is -0.280. The van der Waals surface area contributed by atoms with Crippen molar-refractivity contribution in [2.24, 2.45) is 11.7 Å². The lowest BCUT2D eigenvalue weighted by Gasteiger charge is -2.33. The fraction of sp³-hybridized carbons (Fsp3) is 0.818. The maximum absolute atomic E-state index is 12.0. The van der Waals surface area contributed by atoms with Gasteiger partial charge in [-0.15, -0.1) is 0 Å². The molecule has 0 aromatic heterocycles. The van der Waals surface area contributed by atoms with E-state index < -0.39 is 23.5 Å². The van der Waals surface area contributed by atoms with Crippen LogP contribution in [-0.2, 0) is 14.3 Å². The van der Waals surface area contributed by atoms with Crippen LogP contribution in [0.4, 0.5) is 0 Å². The summed E-state index contributed by atoms with van der Waals surface area (Å²) in [4.78, 5) is 23.0. The summed E-state index contributed by atoms with van der Waals surface area (Å²) in [5.41, 5.74) is 4.97. The third-order valence-electron chi connectivity index (χ3n) is 3.06. The highest BCUT2D eigenvalue weighted by Crippen LogP contribution is 2.18. The molecule has 0 spiro atoms. The van der Waals surface area contributed by atoms with Crippen LogP contribution in [0.2, 0.25) is 0 Å². The topological polar surface area (TPSA) is 102 Å². The molecule has 1 aliphatic heterocycles. The number of nitrogens with one attached hydrogen (secondary N) is 1. The van der Waals surface area contributed by atoms with Crippen molar-refractivity contribution < 1.29 is 19.4 Å². The lowest BCUT2D eigenvalue weighted by molar-refractivity contribution is -0.144. The van der Waals surface area contributed by atoms with Crippen molar-refractivity contribution in [1.29, 1.82) is 0 Å². The lowest BCUT2D eigenvalue weighted by Crippen LogP contribution is -2.60. The summed E-state index contributed by atoms with van der Waals surface area (Å²) in [6, 6.07) is -0.897. The Morgan fingerprint density at radius 1 is 1.35 bits per heavy atom. The summed E-state index contributed by atoms with van der Waals surface area (Å²) in [6.07, 6.45) is 0.840. The molecule has 0 bridgehead atoms. The molecule has 1 saturated heterocycles. The number of nitrogens with two attached hydrogens (primary N) is 1. The quantitative estimate of drug-likeness (QED) is 0.631. The van der Waals surface area contributed by atoms with Crippen LogP contribution >= 0.6 is 0 Å². The molecule has 6 heteroatoms. The van der Waals surface area contributed by atoms with Crippen LogP contribution in [0.1, 0.15) is 26.7 Å². The molecule has 0 aromatic rings. The Balaban J connectivity index is 2.66. The van der Waals surface area contributed by atoms with Crippen molar-refractivity contribution in [2.75, 3.05) is 13.2 Å². The van der Waals surface area contributed by atoms with Crippen molar-refractivity contribution >= 4 is 11.9 Å². The van der Waals surface area contributed by atoms with Gasteiger partial charge in [0.2, 0.25) is 5.91 Å². The summed E-state index contributed by atoms with van der Waals surface area (Å²) < 4.78 is 5.14. The van der Waals surface area contributed by atoms with Gasteiger partial charge in [0.25, 0.3) is 0 Å². The molecular weight excluding hydrogens is 224 g/mol. The number of rotatable bonds is 4. The van der Waals surface area contributed by atoms with Crippen molar-refractivity contribution in [1.82, 2.24) is 5.32 Å². The molecule has 98 valence electrons. The SMILES string of the molecule is CC(C)C(NC(=O)C1(N)CCOCC1)C(=O)O. The molecule has 1 unspecified atom stereocenters. The Morgan fingerprint density at radius 2 is 1.88 bits per heavy atom. The van der Waals surface area contributed by atoms with Crippen LogP contribution in [0.15, 0.2) is 0 Å². The largest absolute Gasteiger partial charge is 0.480 e. The third-order valence-corrected chi connectivity index (χ3v) is 3.06. The van der Waals surface area contributed by atoms with E-state index in [0.717, 1.165) is 0 Å². The lowest BCUT2D eigenvalue weighted by atomic mass is 9.89. The van der Waals surface area contributed by atoms with Crippen molar-refractivity contribution in [3.63, 3.8) is 0 Å². The molecule has 0 radical (unpaired) electrons. The molecule has 1 fully saturated rings. The number of carboxylic acid groups (broad SMARTS) is 1. The molecule has 0 saturated carbocycles. The second kappa shape index (κ2) is 5.46. The molecule has 1 aliphatic rings. The average molecular weight is 244 g/mol. The minimum atomic E-state index is -1.04. The van der Waals surface area contributed by atoms with Gasteiger partial charge in [0.1, 0.15) is 6.04 Å². The molecule has 17 heavy (non-hydrogen) atoms. The number of hydrogen-bond donors (Lipinski definition) is 3. The maximum atomic E-state index is 12.0. The van der Waals surface area contributed by atoms with E-state index in [9.17, 15) is 9.59 Å². The highest BCUT2D eigenvalue weighted by atomic mass is 16.5. The fourth-order valence-electron chi connectivity index (χ4n) is 1.76. The van der Waals surface area contributed by atoms with E-state index in [2.05, 4.69) is 5.32 Å². The zero-order chi connectivity index (χ0) is 13.1. The molecule has 0 aromatic carbocycles. The van der Waals surface area contributed by atoms with Crippen LogP contribution in [0, 0.1) is 5.92 Å². The van der Waals surface area contributed by atoms with Crippen LogP contribution < -0.4 is 11.1 Å². The Morgan fingerprint density at radius 3 is 2.29 bits per heavy atom. The van der Waals surface area contributed by atoms with Gasteiger partial charge >= 0.3 is 5.97 Å². The molecule has 1 atom stereocenters. The molecule has 4 N–H and O–H groups in total. The minimum Gasteiger partial charge on any atom is -0.480 e. The summed E-state index contributed by atoms with van der Waals surface area (Å²) in [7, 11) is 0. The Hall–Kier alpha value is -1.14. The maximum Gasteiger partial charge on any atom is 0.326 e. The Labute approximate surface area is 101 Å². The first-order chi connectivity index (χ1) is 7.87. The van der Waals surface area contributed by atoms with Crippen molar-refractivity contribution in [3.05, 3.63) is 0 Å². The highest BCUT2D eigenvalue weighted by molar-refractivity contribution is 5.90. The zero-order valence-corrected chi connectivity index (χ0v) is 10.2. The van der Waals surface area contributed by atoms with Crippen molar-refractivity contribution in [2.45, 2.75) is 38.3 Å². The third kappa shape index (κ3) is 3.41. The molecule has 1 amide bonds. The van der Waals surface area contributed by atoms with Crippen LogP contribution in [0.25, 0.3) is 0 Å². The summed E-state index contributed by atoms with van der Waals surface area (Å²) in [5, 5.41) is 11.5. The van der Waals surface area contributed by atoms with Gasteiger partial charge in [0.15, 0.2) is 0 Å². The van der Waals surface area contributed by atoms with Gasteiger partial charge in [-0.1, -0.05) is 13.8 Å². The van der Waals surface area contributed by atoms with Crippen LogP contribution in [0.3, 0.4) is 0 Å². The molecule has 6 nitrogen and oxygen atoms in total. The number of ether oxygens (including phenoxy) is 1. The highest BCUT2D eigenvalue weighted by Gasteiger charge is 2.38. The summed E-state index contributed by atoms with van der Waals surface area (Å²) in [6.45, 7) is 4.35. The number of carboxylic acids is 1. The van der Waals surface area contributed by atoms with E-state index in [-0.39, 0.29) is 5.92 Å². The Bertz CT molecular complexity index is 298. The summed E-state index contributed by atoms with van der Waals surface area (Å²) >= 11 is 0. The number of carbonyl (C=O) groups excluding carboxylic acids is 1. The molecular formula is C11H20N2O4. The second-order valence-corrected chi connectivity index (χ2v) is 4.80. The van der Waals surface area contributed by atoms with Gasteiger partial charge in [-0.2, -0.15) is 0 Å². The standard InChI is InChI=1S/C11H20N2O4/c1-7(2)8(9(14)15)13-10(16)11(12)3-5-17-6-4-11/h7-8H,3-6,12H2,1-2H3,(H,13,16)(H,14,15). The zero-order valence-electron chi connectivity index (χ0n) is 10.2. The van der Waals surface area contributed by atoms with Crippen molar-refractivity contribution in [3.8, 4) is 0 Å². The minimum absolute atomic E-state index is 0.181. The number of carbonyl (C=O) groups is 2. The van der Waals surface area contributed by atoms with Gasteiger partial charge < -0.3 is 20.9 Å².